The maximum atomic E-state index is 5.99. The van der Waals surface area contributed by atoms with E-state index in [1.54, 1.807) is 0 Å². The second-order valence-corrected chi connectivity index (χ2v) is 4.97. The molecule has 1 aromatic heterocycles. The smallest absolute Gasteiger partial charge is 0.0518 e. The van der Waals surface area contributed by atoms with E-state index >= 15 is 0 Å². The Hall–Kier alpha value is -1.32. The number of nitrogens with one attached hydrogen (secondary N) is 1. The van der Waals surface area contributed by atoms with Crippen molar-refractivity contribution in [1.29, 1.82) is 0 Å². The minimum absolute atomic E-state index is 0.442. The first-order valence-corrected chi connectivity index (χ1v) is 6.47. The molecule has 2 rings (SSSR count). The first-order valence-electron chi connectivity index (χ1n) is 6.10. The van der Waals surface area contributed by atoms with Gasteiger partial charge in [-0.05, 0) is 29.7 Å². The molecule has 1 atom stereocenters. The summed E-state index contributed by atoms with van der Waals surface area (Å²) in [4.78, 5) is 0. The molecule has 4 heteroatoms. The van der Waals surface area contributed by atoms with Crippen LogP contribution in [0.3, 0.4) is 0 Å². The summed E-state index contributed by atoms with van der Waals surface area (Å²) in [5.74, 6) is 0.442. The Morgan fingerprint density at radius 1 is 1.39 bits per heavy atom. The van der Waals surface area contributed by atoms with Crippen molar-refractivity contribution in [2.24, 2.45) is 7.05 Å². The summed E-state index contributed by atoms with van der Waals surface area (Å²) < 4.78 is 1.89. The highest BCUT2D eigenvalue weighted by Crippen LogP contribution is 2.18. The standard InChI is InChI=1S/C14H18ClN3/c1-11(12-4-3-5-13(15)8-12)9-16-10-14-6-7-17-18(14)2/h3-8,11,16H,9-10H2,1-2H3/t11-/m1/s1. The number of nitrogens with zero attached hydrogens (tertiary/aromatic N) is 2. The maximum absolute atomic E-state index is 5.99. The molecule has 0 bridgehead atoms. The van der Waals surface area contributed by atoms with Crippen LogP contribution in [-0.4, -0.2) is 16.3 Å². The van der Waals surface area contributed by atoms with E-state index in [-0.39, 0.29) is 0 Å². The van der Waals surface area contributed by atoms with Gasteiger partial charge >= 0.3 is 0 Å². The average Bonchev–Trinajstić information content (AvgIpc) is 2.75. The van der Waals surface area contributed by atoms with Crippen molar-refractivity contribution in [2.75, 3.05) is 6.54 Å². The molecule has 1 aromatic carbocycles. The van der Waals surface area contributed by atoms with Crippen molar-refractivity contribution < 1.29 is 0 Å². The van der Waals surface area contributed by atoms with E-state index < -0.39 is 0 Å². The molecule has 18 heavy (non-hydrogen) atoms. The van der Waals surface area contributed by atoms with Gasteiger partial charge in [-0.15, -0.1) is 0 Å². The predicted molar refractivity (Wildman–Crippen MR) is 74.8 cm³/mol. The van der Waals surface area contributed by atoms with Crippen molar-refractivity contribution in [2.45, 2.75) is 19.4 Å². The van der Waals surface area contributed by atoms with Crippen LogP contribution in [0.1, 0.15) is 24.1 Å². The number of benzene rings is 1. The molecule has 1 N–H and O–H groups in total. The van der Waals surface area contributed by atoms with Gasteiger partial charge in [0, 0.05) is 31.4 Å². The molecule has 0 aliphatic rings. The van der Waals surface area contributed by atoms with Crippen LogP contribution in [0.2, 0.25) is 5.02 Å². The lowest BCUT2D eigenvalue weighted by Gasteiger charge is -2.13. The molecule has 0 fully saturated rings. The Labute approximate surface area is 113 Å². The molecule has 0 radical (unpaired) electrons. The fourth-order valence-corrected chi connectivity index (χ4v) is 2.12. The number of halogens is 1. The van der Waals surface area contributed by atoms with E-state index in [4.69, 9.17) is 11.6 Å². The van der Waals surface area contributed by atoms with Gasteiger partial charge in [-0.2, -0.15) is 5.10 Å². The highest BCUT2D eigenvalue weighted by molar-refractivity contribution is 6.30. The lowest BCUT2D eigenvalue weighted by atomic mass is 10.0. The zero-order chi connectivity index (χ0) is 13.0. The molecule has 0 saturated carbocycles. The van der Waals surface area contributed by atoms with Gasteiger partial charge in [0.2, 0.25) is 0 Å². The molecule has 0 aliphatic heterocycles. The minimum Gasteiger partial charge on any atom is -0.311 e. The highest BCUT2D eigenvalue weighted by atomic mass is 35.5. The zero-order valence-corrected chi connectivity index (χ0v) is 11.5. The van der Waals surface area contributed by atoms with Crippen molar-refractivity contribution in [3.05, 3.63) is 52.8 Å². The zero-order valence-electron chi connectivity index (χ0n) is 10.7. The third-order valence-electron chi connectivity index (χ3n) is 3.10. The second kappa shape index (κ2) is 6.03. The van der Waals surface area contributed by atoms with Crippen molar-refractivity contribution >= 4 is 11.6 Å². The van der Waals surface area contributed by atoms with Crippen LogP contribution in [0, 0.1) is 0 Å². The molecule has 0 spiro atoms. The summed E-state index contributed by atoms with van der Waals surface area (Å²) in [5.41, 5.74) is 2.45. The van der Waals surface area contributed by atoms with E-state index in [2.05, 4.69) is 23.4 Å². The second-order valence-electron chi connectivity index (χ2n) is 4.53. The predicted octanol–water partition coefficient (Wildman–Crippen LogP) is 2.97. The largest absolute Gasteiger partial charge is 0.311 e. The van der Waals surface area contributed by atoms with E-state index in [1.165, 1.54) is 11.3 Å². The molecule has 0 saturated heterocycles. The van der Waals surface area contributed by atoms with E-state index in [0.717, 1.165) is 18.1 Å². The number of hydrogen-bond acceptors (Lipinski definition) is 2. The van der Waals surface area contributed by atoms with Gasteiger partial charge in [-0.25, -0.2) is 0 Å². The molecule has 1 heterocycles. The monoisotopic (exact) mass is 263 g/mol. The summed E-state index contributed by atoms with van der Waals surface area (Å²) in [7, 11) is 1.96. The van der Waals surface area contributed by atoms with Crippen LogP contribution in [0.5, 0.6) is 0 Å². The third kappa shape index (κ3) is 3.34. The van der Waals surface area contributed by atoms with Gasteiger partial charge in [-0.3, -0.25) is 4.68 Å². The van der Waals surface area contributed by atoms with E-state index in [0.29, 0.717) is 5.92 Å². The first-order chi connectivity index (χ1) is 8.66. The molecule has 0 unspecified atom stereocenters. The van der Waals surface area contributed by atoms with Gasteiger partial charge in [0.05, 0.1) is 5.69 Å². The minimum atomic E-state index is 0.442. The lowest BCUT2D eigenvalue weighted by molar-refractivity contribution is 0.584. The van der Waals surface area contributed by atoms with Crippen LogP contribution in [-0.2, 0) is 13.6 Å². The summed E-state index contributed by atoms with van der Waals surface area (Å²) in [6, 6.07) is 10.1. The fourth-order valence-electron chi connectivity index (χ4n) is 1.92. The Kier molecular flexibility index (Phi) is 4.39. The van der Waals surface area contributed by atoms with Crippen LogP contribution in [0.25, 0.3) is 0 Å². The van der Waals surface area contributed by atoms with E-state index in [9.17, 15) is 0 Å². The van der Waals surface area contributed by atoms with Crippen LogP contribution < -0.4 is 5.32 Å². The topological polar surface area (TPSA) is 29.9 Å². The van der Waals surface area contributed by atoms with Gasteiger partial charge in [-0.1, -0.05) is 30.7 Å². The lowest BCUT2D eigenvalue weighted by Crippen LogP contribution is -2.21. The third-order valence-corrected chi connectivity index (χ3v) is 3.33. The van der Waals surface area contributed by atoms with Crippen molar-refractivity contribution in [3.63, 3.8) is 0 Å². The Balaban J connectivity index is 1.85. The summed E-state index contributed by atoms with van der Waals surface area (Å²) >= 11 is 5.99. The normalized spacial score (nSPS) is 12.6. The molecule has 3 nitrogen and oxygen atoms in total. The number of rotatable bonds is 5. The van der Waals surface area contributed by atoms with Crippen LogP contribution >= 0.6 is 11.6 Å². The maximum Gasteiger partial charge on any atom is 0.0518 e. The molecular formula is C14H18ClN3. The van der Waals surface area contributed by atoms with Crippen molar-refractivity contribution in [1.82, 2.24) is 15.1 Å². The number of hydrogen-bond donors (Lipinski definition) is 1. The number of aromatic nitrogens is 2. The van der Waals surface area contributed by atoms with Gasteiger partial charge in [0.15, 0.2) is 0 Å². The Morgan fingerprint density at radius 2 is 2.22 bits per heavy atom. The summed E-state index contributed by atoms with van der Waals surface area (Å²) in [6.07, 6.45) is 1.82. The quantitative estimate of drug-likeness (QED) is 0.899. The molecule has 0 amide bonds. The molecule has 0 aliphatic carbocycles. The number of aryl methyl sites for hydroxylation is 1. The van der Waals surface area contributed by atoms with Crippen molar-refractivity contribution in [3.8, 4) is 0 Å². The Bertz CT molecular complexity index is 507. The molecule has 2 aromatic rings. The summed E-state index contributed by atoms with van der Waals surface area (Å²) in [6.45, 7) is 3.95. The Morgan fingerprint density at radius 3 is 2.89 bits per heavy atom. The first kappa shape index (κ1) is 13.1. The van der Waals surface area contributed by atoms with Gasteiger partial charge in [0.1, 0.15) is 0 Å². The van der Waals surface area contributed by atoms with Gasteiger partial charge < -0.3 is 5.32 Å². The van der Waals surface area contributed by atoms with Gasteiger partial charge in [0.25, 0.3) is 0 Å². The summed E-state index contributed by atoms with van der Waals surface area (Å²) in [5, 5.41) is 8.38. The molecule has 96 valence electrons. The van der Waals surface area contributed by atoms with Crippen LogP contribution in [0.4, 0.5) is 0 Å². The SMILES string of the molecule is C[C@H](CNCc1ccnn1C)c1cccc(Cl)c1. The fraction of sp³-hybridized carbons (Fsp3) is 0.357. The highest BCUT2D eigenvalue weighted by Gasteiger charge is 2.06. The molecular weight excluding hydrogens is 246 g/mol. The average molecular weight is 264 g/mol. The van der Waals surface area contributed by atoms with Crippen LogP contribution in [0.15, 0.2) is 36.5 Å². The van der Waals surface area contributed by atoms with E-state index in [1.807, 2.05) is 42.2 Å².